The fraction of sp³-hybridized carbons (Fsp3) is 0.385. The van der Waals surface area contributed by atoms with Gasteiger partial charge in [0.15, 0.2) is 0 Å². The molecule has 1 atom stereocenters. The van der Waals surface area contributed by atoms with Crippen LogP contribution in [0, 0.1) is 0 Å². The van der Waals surface area contributed by atoms with Crippen LogP contribution < -0.4 is 5.56 Å². The number of para-hydroxylation sites is 1. The third kappa shape index (κ3) is 3.79. The highest BCUT2D eigenvalue weighted by atomic mass is 16.5. The lowest BCUT2D eigenvalue weighted by Gasteiger charge is -2.25. The Balaban J connectivity index is 1.97. The third-order valence-corrected chi connectivity index (χ3v) is 6.33. The lowest BCUT2D eigenvalue weighted by atomic mass is 9.89. The lowest BCUT2D eigenvalue weighted by Crippen LogP contribution is -2.31. The number of hydrogen-bond acceptors (Lipinski definition) is 5. The van der Waals surface area contributed by atoms with E-state index in [4.69, 9.17) is 14.5 Å². The van der Waals surface area contributed by atoms with Crippen LogP contribution >= 0.6 is 0 Å². The predicted octanol–water partition coefficient (Wildman–Crippen LogP) is 4.24. The first-order valence-corrected chi connectivity index (χ1v) is 11.0. The van der Waals surface area contributed by atoms with Gasteiger partial charge < -0.3 is 19.1 Å². The second-order valence-electron chi connectivity index (χ2n) is 8.43. The Morgan fingerprint density at radius 2 is 2.03 bits per heavy atom. The van der Waals surface area contributed by atoms with Crippen LogP contribution in [0.1, 0.15) is 48.9 Å². The van der Waals surface area contributed by atoms with E-state index in [0.717, 1.165) is 39.8 Å². The fourth-order valence-corrected chi connectivity index (χ4v) is 4.38. The standard InChI is InChI=1S/C26H30N2O4/c1-5-26(2,30)21-14-23-24-19(15-28(23)25(29)20(21)16-32-4)17(10-8-9-13-31-3)18-11-6-7-12-22(18)27-24/h6-8,10-12,14,30H,5,9,13,15-16H2,1-4H3/b10-8+/t26-/m0/s1. The maximum atomic E-state index is 13.5. The summed E-state index contributed by atoms with van der Waals surface area (Å²) in [6.45, 7) is 4.89. The van der Waals surface area contributed by atoms with Gasteiger partial charge in [0.25, 0.3) is 5.56 Å². The summed E-state index contributed by atoms with van der Waals surface area (Å²) >= 11 is 0. The summed E-state index contributed by atoms with van der Waals surface area (Å²) in [6.07, 6.45) is 5.49. The molecule has 0 amide bonds. The molecule has 168 valence electrons. The minimum Gasteiger partial charge on any atom is -0.385 e. The quantitative estimate of drug-likeness (QED) is 0.420. The first kappa shape index (κ1) is 22.4. The van der Waals surface area contributed by atoms with E-state index in [0.29, 0.717) is 30.7 Å². The highest BCUT2D eigenvalue weighted by molar-refractivity contribution is 5.93. The topological polar surface area (TPSA) is 73.6 Å². The molecule has 0 saturated heterocycles. The molecule has 6 heteroatoms. The Kier molecular flexibility index (Phi) is 6.29. The van der Waals surface area contributed by atoms with Crippen molar-refractivity contribution < 1.29 is 14.6 Å². The highest BCUT2D eigenvalue weighted by Gasteiger charge is 2.32. The molecule has 0 radical (unpaired) electrons. The van der Waals surface area contributed by atoms with E-state index in [1.807, 2.05) is 31.2 Å². The lowest BCUT2D eigenvalue weighted by molar-refractivity contribution is 0.0495. The molecule has 0 spiro atoms. The Morgan fingerprint density at radius 1 is 1.25 bits per heavy atom. The Bertz CT molecular complexity index is 1240. The van der Waals surface area contributed by atoms with Crippen molar-refractivity contribution in [1.29, 1.82) is 0 Å². The van der Waals surface area contributed by atoms with Crippen molar-refractivity contribution in [2.75, 3.05) is 20.8 Å². The maximum absolute atomic E-state index is 13.5. The molecule has 1 aliphatic rings. The van der Waals surface area contributed by atoms with E-state index in [2.05, 4.69) is 18.2 Å². The van der Waals surface area contributed by atoms with Crippen LogP contribution in [-0.4, -0.2) is 35.5 Å². The molecule has 1 N–H and O–H groups in total. The number of pyridine rings is 2. The zero-order valence-corrected chi connectivity index (χ0v) is 19.1. The van der Waals surface area contributed by atoms with Crippen LogP contribution in [0.5, 0.6) is 0 Å². The van der Waals surface area contributed by atoms with Gasteiger partial charge in [0, 0.05) is 37.3 Å². The van der Waals surface area contributed by atoms with Crippen LogP contribution in [0.15, 0.2) is 41.2 Å². The minimum atomic E-state index is -1.13. The monoisotopic (exact) mass is 434 g/mol. The Labute approximate surface area is 188 Å². The molecule has 0 unspecified atom stereocenters. The SMILES string of the molecule is CC[C@](C)(O)c1cc2n(c(=O)c1COC)Cc1c-2nc2ccccc2c1/C=C/CCOC. The van der Waals surface area contributed by atoms with Crippen LogP contribution in [0.2, 0.25) is 0 Å². The molecule has 0 fully saturated rings. The van der Waals surface area contributed by atoms with Crippen molar-refractivity contribution >= 4 is 17.0 Å². The zero-order valence-electron chi connectivity index (χ0n) is 19.1. The number of hydrogen-bond donors (Lipinski definition) is 1. The van der Waals surface area contributed by atoms with E-state index < -0.39 is 5.60 Å². The second kappa shape index (κ2) is 8.98. The van der Waals surface area contributed by atoms with E-state index in [9.17, 15) is 9.90 Å². The molecule has 0 aliphatic carbocycles. The van der Waals surface area contributed by atoms with Crippen molar-refractivity contribution in [1.82, 2.24) is 9.55 Å². The largest absolute Gasteiger partial charge is 0.385 e. The number of fused-ring (bicyclic) bond motifs is 4. The number of rotatable bonds is 8. The van der Waals surface area contributed by atoms with Gasteiger partial charge in [-0.3, -0.25) is 4.79 Å². The van der Waals surface area contributed by atoms with Gasteiger partial charge in [-0.05, 0) is 43.0 Å². The minimum absolute atomic E-state index is 0.135. The van der Waals surface area contributed by atoms with Crippen molar-refractivity contribution in [3.63, 3.8) is 0 Å². The highest BCUT2D eigenvalue weighted by Crippen LogP contribution is 2.38. The first-order valence-electron chi connectivity index (χ1n) is 11.0. The smallest absolute Gasteiger partial charge is 0.257 e. The fourth-order valence-electron chi connectivity index (χ4n) is 4.38. The third-order valence-electron chi connectivity index (χ3n) is 6.33. The molecule has 3 heterocycles. The van der Waals surface area contributed by atoms with Crippen molar-refractivity contribution in [3.05, 3.63) is 69.0 Å². The molecule has 2 aromatic heterocycles. The molecule has 32 heavy (non-hydrogen) atoms. The number of nitrogens with zero attached hydrogens (tertiary/aromatic N) is 2. The molecule has 6 nitrogen and oxygen atoms in total. The van der Waals surface area contributed by atoms with Gasteiger partial charge in [0.05, 0.1) is 35.7 Å². The summed E-state index contributed by atoms with van der Waals surface area (Å²) in [6, 6.07) is 9.95. The van der Waals surface area contributed by atoms with Gasteiger partial charge >= 0.3 is 0 Å². The molecule has 4 rings (SSSR count). The van der Waals surface area contributed by atoms with Crippen molar-refractivity contribution in [2.45, 2.75) is 45.4 Å². The zero-order chi connectivity index (χ0) is 22.9. The van der Waals surface area contributed by atoms with Gasteiger partial charge in [-0.15, -0.1) is 0 Å². The van der Waals surface area contributed by atoms with Gasteiger partial charge in [-0.1, -0.05) is 37.3 Å². The van der Waals surface area contributed by atoms with Crippen LogP contribution in [0.3, 0.4) is 0 Å². The van der Waals surface area contributed by atoms with Crippen LogP contribution in [-0.2, 0) is 28.2 Å². The number of ether oxygens (including phenoxy) is 2. The summed E-state index contributed by atoms with van der Waals surface area (Å²) in [5, 5.41) is 12.1. The summed E-state index contributed by atoms with van der Waals surface area (Å²) < 4.78 is 12.3. The molecule has 1 aliphatic heterocycles. The van der Waals surface area contributed by atoms with E-state index in [-0.39, 0.29) is 12.2 Å². The second-order valence-corrected chi connectivity index (χ2v) is 8.43. The molecule has 1 aromatic carbocycles. The molecular formula is C26H30N2O4. The number of aliphatic hydroxyl groups is 1. The van der Waals surface area contributed by atoms with E-state index in [1.165, 1.54) is 0 Å². The van der Waals surface area contributed by atoms with Crippen molar-refractivity contribution in [3.8, 4) is 11.4 Å². The predicted molar refractivity (Wildman–Crippen MR) is 127 cm³/mol. The maximum Gasteiger partial charge on any atom is 0.257 e. The van der Waals surface area contributed by atoms with E-state index in [1.54, 1.807) is 25.7 Å². The summed E-state index contributed by atoms with van der Waals surface area (Å²) in [5.41, 5.74) is 4.34. The Morgan fingerprint density at radius 3 is 2.75 bits per heavy atom. The van der Waals surface area contributed by atoms with Gasteiger partial charge in [0.2, 0.25) is 0 Å². The number of benzene rings is 1. The average molecular weight is 435 g/mol. The average Bonchev–Trinajstić information content (AvgIpc) is 3.16. The first-order chi connectivity index (χ1) is 15.4. The summed E-state index contributed by atoms with van der Waals surface area (Å²) in [5.74, 6) is 0. The van der Waals surface area contributed by atoms with E-state index >= 15 is 0 Å². The van der Waals surface area contributed by atoms with Crippen molar-refractivity contribution in [2.24, 2.45) is 0 Å². The van der Waals surface area contributed by atoms with Crippen LogP contribution in [0.25, 0.3) is 28.4 Å². The van der Waals surface area contributed by atoms with Crippen LogP contribution in [0.4, 0.5) is 0 Å². The molecule has 0 bridgehead atoms. The number of aromatic nitrogens is 2. The number of methoxy groups -OCH3 is 2. The molecular weight excluding hydrogens is 404 g/mol. The summed E-state index contributed by atoms with van der Waals surface area (Å²) in [4.78, 5) is 18.5. The summed E-state index contributed by atoms with van der Waals surface area (Å²) in [7, 11) is 3.25. The van der Waals surface area contributed by atoms with Gasteiger partial charge in [-0.2, -0.15) is 0 Å². The molecule has 0 saturated carbocycles. The normalized spacial score (nSPS) is 14.7. The Hall–Kier alpha value is -2.80. The van der Waals surface area contributed by atoms with Gasteiger partial charge in [-0.25, -0.2) is 4.98 Å². The van der Waals surface area contributed by atoms with Gasteiger partial charge in [0.1, 0.15) is 0 Å². The molecule has 3 aromatic rings.